The molecule has 0 unspecified atom stereocenters. The third-order valence-corrected chi connectivity index (χ3v) is 5.38. The van der Waals surface area contributed by atoms with Crippen molar-refractivity contribution in [3.8, 4) is 0 Å². The first-order valence-electron chi connectivity index (χ1n) is 11.0. The largest absolute Gasteiger partial charge is 0.332 e. The number of benzene rings is 2. The Labute approximate surface area is 181 Å². The average molecular weight is 412 g/mol. The second-order valence-electron chi connectivity index (χ2n) is 7.58. The molecule has 2 rings (SSSR count). The van der Waals surface area contributed by atoms with Crippen molar-refractivity contribution in [2.24, 2.45) is 0 Å². The number of carbonyl (C=O) groups excluding carboxylic acids is 1. The summed E-state index contributed by atoms with van der Waals surface area (Å²) >= 11 is 6.03. The lowest BCUT2D eigenvalue weighted by atomic mass is 9.99. The van der Waals surface area contributed by atoms with Gasteiger partial charge in [0, 0.05) is 23.2 Å². The summed E-state index contributed by atoms with van der Waals surface area (Å²) in [6.07, 6.45) is 13.7. The molecule has 0 fully saturated rings. The van der Waals surface area contributed by atoms with Crippen LogP contribution in [0.4, 0.5) is 0 Å². The van der Waals surface area contributed by atoms with Crippen molar-refractivity contribution < 1.29 is 4.79 Å². The normalized spacial score (nSPS) is 11.4. The lowest BCUT2D eigenvalue weighted by Gasteiger charge is -2.10. The number of unbranched alkanes of at least 4 members (excludes halogenated alkanes) is 8. The zero-order valence-corrected chi connectivity index (χ0v) is 18.4. The molecule has 3 heteroatoms. The van der Waals surface area contributed by atoms with E-state index in [1.54, 1.807) is 0 Å². The zero-order valence-electron chi connectivity index (χ0n) is 17.6. The quantitative estimate of drug-likeness (QED) is 0.335. The van der Waals surface area contributed by atoms with E-state index in [-0.39, 0.29) is 5.91 Å². The molecule has 0 saturated heterocycles. The highest BCUT2D eigenvalue weighted by Gasteiger charge is 2.06. The fourth-order valence-electron chi connectivity index (χ4n) is 3.40. The highest BCUT2D eigenvalue weighted by molar-refractivity contribution is 6.30. The number of halogens is 1. The van der Waals surface area contributed by atoms with E-state index in [9.17, 15) is 4.79 Å². The number of carbonyl (C=O) groups is 1. The molecule has 0 aliphatic rings. The molecule has 1 amide bonds. The predicted molar refractivity (Wildman–Crippen MR) is 125 cm³/mol. The van der Waals surface area contributed by atoms with Gasteiger partial charge >= 0.3 is 0 Å². The van der Waals surface area contributed by atoms with E-state index in [4.69, 9.17) is 11.6 Å². The number of amides is 1. The summed E-state index contributed by atoms with van der Waals surface area (Å²) in [6.45, 7) is 2.25. The fourth-order valence-corrected chi connectivity index (χ4v) is 3.53. The van der Waals surface area contributed by atoms with Gasteiger partial charge < -0.3 is 5.32 Å². The SMILES string of the molecule is CCCCCCCCCCCC(=O)N/C=C(/c1ccccc1)c1ccc(Cl)cc1. The van der Waals surface area contributed by atoms with Crippen molar-refractivity contribution in [1.82, 2.24) is 5.32 Å². The third-order valence-electron chi connectivity index (χ3n) is 5.12. The van der Waals surface area contributed by atoms with Crippen LogP contribution in [-0.2, 0) is 4.79 Å². The maximum absolute atomic E-state index is 12.3. The van der Waals surface area contributed by atoms with E-state index in [2.05, 4.69) is 12.2 Å². The van der Waals surface area contributed by atoms with Crippen molar-refractivity contribution in [2.75, 3.05) is 0 Å². The minimum atomic E-state index is 0.0790. The van der Waals surface area contributed by atoms with Gasteiger partial charge in [-0.25, -0.2) is 0 Å². The van der Waals surface area contributed by atoms with Crippen LogP contribution in [0.5, 0.6) is 0 Å². The summed E-state index contributed by atoms with van der Waals surface area (Å²) in [6, 6.07) is 17.8. The second kappa shape index (κ2) is 14.0. The molecule has 2 aromatic rings. The van der Waals surface area contributed by atoms with E-state index in [0.29, 0.717) is 11.4 Å². The lowest BCUT2D eigenvalue weighted by molar-refractivity contribution is -0.120. The first-order valence-corrected chi connectivity index (χ1v) is 11.4. The molecule has 0 spiro atoms. The number of nitrogens with one attached hydrogen (secondary N) is 1. The van der Waals surface area contributed by atoms with Gasteiger partial charge in [0.2, 0.25) is 5.91 Å². The maximum Gasteiger partial charge on any atom is 0.223 e. The summed E-state index contributed by atoms with van der Waals surface area (Å²) < 4.78 is 0. The van der Waals surface area contributed by atoms with Gasteiger partial charge in [-0.05, 0) is 29.7 Å². The Balaban J connectivity index is 1.80. The Kier molecular flexibility index (Phi) is 11.2. The van der Waals surface area contributed by atoms with Crippen LogP contribution in [0, 0.1) is 0 Å². The van der Waals surface area contributed by atoms with Crippen LogP contribution < -0.4 is 5.32 Å². The van der Waals surface area contributed by atoms with Crippen molar-refractivity contribution in [3.05, 3.63) is 76.9 Å². The fraction of sp³-hybridized carbons (Fsp3) is 0.423. The van der Waals surface area contributed by atoms with Crippen molar-refractivity contribution >= 4 is 23.1 Å². The Hall–Kier alpha value is -2.06. The van der Waals surface area contributed by atoms with Gasteiger partial charge in [0.15, 0.2) is 0 Å². The summed E-state index contributed by atoms with van der Waals surface area (Å²) in [5, 5.41) is 3.69. The van der Waals surface area contributed by atoms with Crippen LogP contribution in [0.2, 0.25) is 5.02 Å². The molecule has 2 nitrogen and oxygen atoms in total. The van der Waals surface area contributed by atoms with E-state index < -0.39 is 0 Å². The van der Waals surface area contributed by atoms with Gasteiger partial charge in [-0.2, -0.15) is 0 Å². The molecule has 0 atom stereocenters. The van der Waals surface area contributed by atoms with Crippen LogP contribution in [0.3, 0.4) is 0 Å². The Morgan fingerprint density at radius 3 is 1.97 bits per heavy atom. The molecule has 0 aliphatic carbocycles. The number of hydrogen-bond donors (Lipinski definition) is 1. The molecule has 0 saturated carbocycles. The van der Waals surface area contributed by atoms with Gasteiger partial charge in [0.05, 0.1) is 0 Å². The van der Waals surface area contributed by atoms with Crippen molar-refractivity contribution in [3.63, 3.8) is 0 Å². The van der Waals surface area contributed by atoms with Gasteiger partial charge in [0.25, 0.3) is 0 Å². The minimum absolute atomic E-state index is 0.0790. The van der Waals surface area contributed by atoms with Gasteiger partial charge in [-0.1, -0.05) is 112 Å². The maximum atomic E-state index is 12.3. The van der Waals surface area contributed by atoms with Gasteiger partial charge in [0.1, 0.15) is 0 Å². The molecule has 0 bridgehead atoms. The highest BCUT2D eigenvalue weighted by atomic mass is 35.5. The van der Waals surface area contributed by atoms with Crippen LogP contribution in [-0.4, -0.2) is 5.91 Å². The first kappa shape index (κ1) is 23.2. The topological polar surface area (TPSA) is 29.1 Å². The van der Waals surface area contributed by atoms with Gasteiger partial charge in [-0.15, -0.1) is 0 Å². The van der Waals surface area contributed by atoms with Crippen LogP contribution in [0.25, 0.3) is 5.57 Å². The standard InChI is InChI=1S/C26H34ClNO/c1-2-3-4-5-6-7-8-9-13-16-26(29)28-21-25(22-14-11-10-12-15-22)23-17-19-24(27)20-18-23/h10-12,14-15,17-21H,2-9,13,16H2,1H3,(H,28,29)/b25-21-. The molecule has 156 valence electrons. The van der Waals surface area contributed by atoms with E-state index in [1.165, 1.54) is 44.9 Å². The van der Waals surface area contributed by atoms with E-state index in [0.717, 1.165) is 29.5 Å². The Morgan fingerprint density at radius 1 is 0.793 bits per heavy atom. The molecule has 0 heterocycles. The molecular formula is C26H34ClNO. The summed E-state index contributed by atoms with van der Waals surface area (Å²) in [4.78, 5) is 12.3. The molecule has 0 radical (unpaired) electrons. The van der Waals surface area contributed by atoms with Crippen molar-refractivity contribution in [1.29, 1.82) is 0 Å². The summed E-state index contributed by atoms with van der Waals surface area (Å²) in [5.74, 6) is 0.0790. The third kappa shape index (κ3) is 9.32. The second-order valence-corrected chi connectivity index (χ2v) is 8.01. The predicted octanol–water partition coefficient (Wildman–Crippen LogP) is 7.77. The Bertz CT molecular complexity index is 737. The summed E-state index contributed by atoms with van der Waals surface area (Å²) in [5.41, 5.74) is 3.09. The molecule has 0 aromatic heterocycles. The van der Waals surface area contributed by atoms with Gasteiger partial charge in [-0.3, -0.25) is 4.79 Å². The van der Waals surface area contributed by atoms with E-state index >= 15 is 0 Å². The Morgan fingerprint density at radius 2 is 1.34 bits per heavy atom. The molecule has 0 aliphatic heterocycles. The zero-order chi connectivity index (χ0) is 20.7. The number of hydrogen-bond acceptors (Lipinski definition) is 1. The number of rotatable bonds is 13. The smallest absolute Gasteiger partial charge is 0.223 e. The molecule has 29 heavy (non-hydrogen) atoms. The average Bonchev–Trinajstić information content (AvgIpc) is 2.74. The highest BCUT2D eigenvalue weighted by Crippen LogP contribution is 2.24. The van der Waals surface area contributed by atoms with Crippen molar-refractivity contribution in [2.45, 2.75) is 71.1 Å². The minimum Gasteiger partial charge on any atom is -0.332 e. The van der Waals surface area contributed by atoms with E-state index in [1.807, 2.05) is 60.8 Å². The monoisotopic (exact) mass is 411 g/mol. The molecule has 2 aromatic carbocycles. The van der Waals surface area contributed by atoms with Crippen LogP contribution in [0.15, 0.2) is 60.8 Å². The molecule has 1 N–H and O–H groups in total. The lowest BCUT2D eigenvalue weighted by Crippen LogP contribution is -2.17. The van der Waals surface area contributed by atoms with Crippen LogP contribution >= 0.6 is 11.6 Å². The molecular weight excluding hydrogens is 378 g/mol. The first-order chi connectivity index (χ1) is 14.2. The summed E-state index contributed by atoms with van der Waals surface area (Å²) in [7, 11) is 0. The van der Waals surface area contributed by atoms with Crippen LogP contribution in [0.1, 0.15) is 82.3 Å².